The van der Waals surface area contributed by atoms with Gasteiger partial charge in [-0.05, 0) is 54.3 Å². The summed E-state index contributed by atoms with van der Waals surface area (Å²) in [5.41, 5.74) is 16.9. The molecule has 1 unspecified atom stereocenters. The minimum atomic E-state index is -1.01. The highest BCUT2D eigenvalue weighted by Gasteiger charge is 2.22. The molecule has 15 heteroatoms. The Morgan fingerprint density at radius 1 is 0.926 bits per heavy atom. The first-order chi connectivity index (χ1) is 25.9. The number of methoxy groups -OCH3 is 1. The lowest BCUT2D eigenvalue weighted by atomic mass is 10.0. The molecule has 0 spiro atoms. The van der Waals surface area contributed by atoms with Gasteiger partial charge in [-0.25, -0.2) is 13.6 Å². The predicted octanol–water partition coefficient (Wildman–Crippen LogP) is 5.17. The number of anilines is 3. The second-order valence-electron chi connectivity index (χ2n) is 12.8. The molecule has 0 bridgehead atoms. The second-order valence-corrected chi connectivity index (χ2v) is 12.8. The first-order valence-electron chi connectivity index (χ1n) is 17.0. The van der Waals surface area contributed by atoms with E-state index in [9.17, 15) is 23.7 Å². The molecule has 0 saturated heterocycles. The van der Waals surface area contributed by atoms with Gasteiger partial charge in [0.1, 0.15) is 40.1 Å². The van der Waals surface area contributed by atoms with E-state index in [1.807, 2.05) is 36.5 Å². The van der Waals surface area contributed by atoms with Crippen LogP contribution in [0, 0.1) is 21.7 Å². The zero-order valence-electron chi connectivity index (χ0n) is 29.8. The van der Waals surface area contributed by atoms with Gasteiger partial charge in [-0.3, -0.25) is 20.7 Å². The number of hydrogen-bond acceptors (Lipinski definition) is 10. The molecule has 0 aromatic heterocycles. The van der Waals surface area contributed by atoms with Crippen molar-refractivity contribution in [2.75, 3.05) is 43.8 Å². The standard InChI is InChI=1S/C39H38F2N6O7/c1-22(53-37-20-34-24(15-33(37)43)5-4-14-46(34)2)45-26-9-13-32(42)36(17-26)52-21-44-25-8-12-29(35(16-25)51-3)39(48)54-28-18-30(40)38(31(41)19-28)23-6-10-27(11-7-23)47(49)50/h6-13,15-20,22,44-45H,4-5,14,21,42-43H2,1-3H3/p+2. The van der Waals surface area contributed by atoms with Crippen LogP contribution in [0.3, 0.4) is 0 Å². The van der Waals surface area contributed by atoms with Crippen molar-refractivity contribution in [3.63, 3.8) is 0 Å². The van der Waals surface area contributed by atoms with Gasteiger partial charge in [0, 0.05) is 80.8 Å². The maximum atomic E-state index is 15.0. The summed E-state index contributed by atoms with van der Waals surface area (Å²) in [5.74, 6) is -2.06. The third-order valence-electron chi connectivity index (χ3n) is 8.94. The van der Waals surface area contributed by atoms with Crippen LogP contribution in [0.25, 0.3) is 11.1 Å². The quantitative estimate of drug-likeness (QED) is 0.0314. The smallest absolute Gasteiger partial charge is 0.347 e. The van der Waals surface area contributed by atoms with E-state index in [0.29, 0.717) is 28.6 Å². The Morgan fingerprint density at radius 2 is 1.63 bits per heavy atom. The van der Waals surface area contributed by atoms with Crippen molar-refractivity contribution in [1.29, 1.82) is 0 Å². The van der Waals surface area contributed by atoms with E-state index >= 15 is 0 Å². The Balaban J connectivity index is 1.06. The fourth-order valence-corrected chi connectivity index (χ4v) is 6.23. The third kappa shape index (κ3) is 8.43. The van der Waals surface area contributed by atoms with Gasteiger partial charge in [0.25, 0.3) is 5.69 Å². The average Bonchev–Trinajstić information content (AvgIpc) is 3.13. The van der Waals surface area contributed by atoms with E-state index in [1.54, 1.807) is 23.5 Å². The molecule has 1 heterocycles. The minimum Gasteiger partial charge on any atom is -0.496 e. The first-order valence-corrected chi connectivity index (χ1v) is 17.0. The number of non-ortho nitro benzene ring substituents is 1. The number of benzene rings is 5. The minimum absolute atomic E-state index is 0.0174. The number of nitrogen functional groups attached to an aromatic ring is 2. The monoisotopic (exact) mass is 742 g/mol. The molecule has 0 fully saturated rings. The number of halogens is 2. The molecule has 280 valence electrons. The highest BCUT2D eigenvalue weighted by atomic mass is 19.1. The second kappa shape index (κ2) is 16.1. The molecule has 8 N–H and O–H groups in total. The van der Waals surface area contributed by atoms with E-state index in [4.69, 9.17) is 30.4 Å². The van der Waals surface area contributed by atoms with Crippen molar-refractivity contribution in [3.8, 4) is 34.1 Å². The molecule has 0 radical (unpaired) electrons. The Labute approximate surface area is 309 Å². The summed E-state index contributed by atoms with van der Waals surface area (Å²) >= 11 is 0. The highest BCUT2D eigenvalue weighted by molar-refractivity contribution is 5.94. The molecule has 13 nitrogen and oxygen atoms in total. The lowest BCUT2D eigenvalue weighted by Crippen LogP contribution is -2.85. The van der Waals surface area contributed by atoms with Gasteiger partial charge in [0.15, 0.2) is 11.5 Å². The maximum absolute atomic E-state index is 15.0. The topological polar surface area (TPSA) is 186 Å². The number of aryl methyl sites for hydroxylation is 1. The molecule has 1 aliphatic heterocycles. The molecule has 1 atom stereocenters. The van der Waals surface area contributed by atoms with Crippen LogP contribution in [0.5, 0.6) is 23.0 Å². The van der Waals surface area contributed by atoms with Crippen molar-refractivity contribution >= 4 is 40.1 Å². The predicted molar refractivity (Wildman–Crippen MR) is 198 cm³/mol. The molecular weight excluding hydrogens is 702 g/mol. The van der Waals surface area contributed by atoms with E-state index < -0.39 is 28.1 Å². The Bertz CT molecular complexity index is 2180. The van der Waals surface area contributed by atoms with E-state index in [2.05, 4.69) is 11.9 Å². The van der Waals surface area contributed by atoms with Crippen molar-refractivity contribution in [1.82, 2.24) is 0 Å². The fraction of sp³-hybridized carbons (Fsp3) is 0.205. The van der Waals surface area contributed by atoms with Crippen molar-refractivity contribution in [2.45, 2.75) is 26.0 Å². The van der Waals surface area contributed by atoms with Gasteiger partial charge in [0.2, 0.25) is 13.0 Å². The van der Waals surface area contributed by atoms with Gasteiger partial charge in [0.05, 0.1) is 29.0 Å². The van der Waals surface area contributed by atoms with Gasteiger partial charge >= 0.3 is 5.97 Å². The number of nitrogens with two attached hydrogens (primary N) is 4. The van der Waals surface area contributed by atoms with E-state index in [1.165, 1.54) is 30.9 Å². The molecule has 0 saturated carbocycles. The third-order valence-corrected chi connectivity index (χ3v) is 8.94. The van der Waals surface area contributed by atoms with Crippen LogP contribution < -0.4 is 45.9 Å². The number of nitrogens with zero attached hydrogens (tertiary/aromatic N) is 2. The molecule has 0 amide bonds. The van der Waals surface area contributed by atoms with Crippen molar-refractivity contribution in [2.24, 2.45) is 0 Å². The van der Waals surface area contributed by atoms with Gasteiger partial charge in [-0.1, -0.05) is 0 Å². The summed E-state index contributed by atoms with van der Waals surface area (Å²) in [6.45, 7) is 3.04. The summed E-state index contributed by atoms with van der Waals surface area (Å²) in [7, 11) is 3.44. The highest BCUT2D eigenvalue weighted by Crippen LogP contribution is 2.35. The van der Waals surface area contributed by atoms with Gasteiger partial charge < -0.3 is 35.3 Å². The number of fused-ring (bicyclic) bond motifs is 1. The normalized spacial score (nSPS) is 12.8. The summed E-state index contributed by atoms with van der Waals surface area (Å²) in [6.07, 6.45) is 1.77. The van der Waals surface area contributed by atoms with Crippen molar-refractivity contribution < 1.29 is 48.1 Å². The van der Waals surface area contributed by atoms with Crippen LogP contribution in [0.1, 0.15) is 29.3 Å². The average molecular weight is 743 g/mol. The van der Waals surface area contributed by atoms with Crippen LogP contribution in [0.15, 0.2) is 84.9 Å². The zero-order chi connectivity index (χ0) is 38.5. The Hall–Kier alpha value is -6.45. The van der Waals surface area contributed by atoms with E-state index in [-0.39, 0.29) is 41.3 Å². The molecule has 6 rings (SSSR count). The summed E-state index contributed by atoms with van der Waals surface area (Å²) in [6, 6.07) is 20.6. The lowest BCUT2D eigenvalue weighted by Gasteiger charge is -2.28. The van der Waals surface area contributed by atoms with Gasteiger partial charge in [-0.2, -0.15) is 0 Å². The molecule has 0 aliphatic carbocycles. The fourth-order valence-electron chi connectivity index (χ4n) is 6.23. The van der Waals surface area contributed by atoms with Crippen molar-refractivity contribution in [3.05, 3.63) is 118 Å². The summed E-state index contributed by atoms with van der Waals surface area (Å²) in [4.78, 5) is 25.5. The van der Waals surface area contributed by atoms with E-state index in [0.717, 1.165) is 55.0 Å². The SMILES string of the molecule is COc1cc([NH2+]COc2cc([NH2+]C(C)Oc3cc4c(cc3N)CCCN4C)ccc2N)ccc1C(=O)Oc1cc(F)c(-c2ccc([N+](=O)[O-])cc2)c(F)c1. The van der Waals surface area contributed by atoms with Crippen LogP contribution in [-0.2, 0) is 6.42 Å². The zero-order valence-corrected chi connectivity index (χ0v) is 29.8. The summed E-state index contributed by atoms with van der Waals surface area (Å²) < 4.78 is 52.8. The largest absolute Gasteiger partial charge is 0.496 e. The molecule has 5 aromatic rings. The first kappa shape index (κ1) is 37.3. The number of quaternary nitrogens is 2. The number of carbonyl (C=O) groups is 1. The number of rotatable bonds is 13. The van der Waals surface area contributed by atoms with Crippen LogP contribution in [-0.4, -0.2) is 44.6 Å². The van der Waals surface area contributed by atoms with Gasteiger partial charge in [-0.15, -0.1) is 0 Å². The van der Waals surface area contributed by atoms with Crippen LogP contribution in [0.4, 0.5) is 42.9 Å². The van der Waals surface area contributed by atoms with Crippen LogP contribution >= 0.6 is 0 Å². The number of carbonyl (C=O) groups excluding carboxylic acids is 1. The number of nitro groups is 1. The number of hydrogen-bond donors (Lipinski definition) is 4. The molecule has 5 aromatic carbocycles. The molecule has 1 aliphatic rings. The number of nitro benzene ring substituents is 1. The molecule has 54 heavy (non-hydrogen) atoms. The van der Waals surface area contributed by atoms with Crippen LogP contribution in [0.2, 0.25) is 0 Å². The molecular formula is C39H40F2N6O7+2. The Kier molecular flexibility index (Phi) is 11.1. The Morgan fingerprint density at radius 3 is 2.33 bits per heavy atom. The maximum Gasteiger partial charge on any atom is 0.347 e. The summed E-state index contributed by atoms with van der Waals surface area (Å²) in [5, 5.41) is 14.6. The lowest BCUT2D eigenvalue weighted by molar-refractivity contribution is -0.641. The number of ether oxygens (including phenoxy) is 4. The number of esters is 1.